The van der Waals surface area contributed by atoms with Gasteiger partial charge in [-0.15, -0.1) is 0 Å². The zero-order chi connectivity index (χ0) is 11.4. The summed E-state index contributed by atoms with van der Waals surface area (Å²) >= 11 is 0. The second kappa shape index (κ2) is 3.06. The highest BCUT2D eigenvalue weighted by Crippen LogP contribution is 2.42. The Kier molecular flexibility index (Phi) is 1.65. The fourth-order valence-electron chi connectivity index (χ4n) is 2.90. The number of nitrogens with one attached hydrogen (secondary N) is 1. The van der Waals surface area contributed by atoms with Crippen LogP contribution in [-0.4, -0.2) is 0 Å². The number of hydroxylamine groups is 1. The third-order valence-electron chi connectivity index (χ3n) is 3.66. The quantitative estimate of drug-likeness (QED) is 0.667. The van der Waals surface area contributed by atoms with Gasteiger partial charge in [0.1, 0.15) is 11.4 Å². The monoisotopic (exact) mass is 221 g/mol. The van der Waals surface area contributed by atoms with Gasteiger partial charge in [0.2, 0.25) is 0 Å². The predicted octanol–water partition coefficient (Wildman–Crippen LogP) is 2.11. The van der Waals surface area contributed by atoms with E-state index >= 15 is 0 Å². The zero-order valence-corrected chi connectivity index (χ0v) is 9.18. The molecule has 1 heterocycles. The lowest BCUT2D eigenvalue weighted by Crippen LogP contribution is -2.98. The molecule has 82 valence electrons. The normalized spacial score (nSPS) is 27.9. The van der Waals surface area contributed by atoms with E-state index in [9.17, 15) is 5.21 Å². The largest absolute Gasteiger partial charge is 0.623 e. The molecule has 1 aromatic rings. The van der Waals surface area contributed by atoms with Gasteiger partial charge in [-0.2, -0.15) is 0 Å². The Morgan fingerprint density at radius 1 is 1.12 bits per heavy atom. The van der Waals surface area contributed by atoms with E-state index in [-0.39, 0.29) is 5.06 Å². The molecule has 17 heavy (non-hydrogen) atoms. The molecule has 1 aliphatic heterocycles. The van der Waals surface area contributed by atoms with Gasteiger partial charge in [-0.3, -0.25) is 0 Å². The lowest BCUT2D eigenvalue weighted by molar-refractivity contribution is -0.721. The maximum Gasteiger partial charge on any atom is 0.148 e. The lowest BCUT2D eigenvalue weighted by Gasteiger charge is -2.19. The van der Waals surface area contributed by atoms with Crippen molar-refractivity contribution in [3.63, 3.8) is 0 Å². The van der Waals surface area contributed by atoms with Crippen molar-refractivity contribution in [3.05, 3.63) is 76.7 Å². The van der Waals surface area contributed by atoms with Gasteiger partial charge in [0.05, 0.1) is 0 Å². The van der Waals surface area contributed by atoms with Gasteiger partial charge in [0, 0.05) is 28.7 Å². The number of hydrogen-bond donors (Lipinski definition) is 1. The van der Waals surface area contributed by atoms with E-state index in [1.165, 1.54) is 0 Å². The summed E-state index contributed by atoms with van der Waals surface area (Å²) < 4.78 is 0. The summed E-state index contributed by atoms with van der Waals surface area (Å²) in [6, 6.07) is 7.88. The fourth-order valence-corrected chi connectivity index (χ4v) is 2.90. The van der Waals surface area contributed by atoms with Crippen molar-refractivity contribution in [2.45, 2.75) is 0 Å². The molecule has 0 saturated heterocycles. The first-order valence-electron chi connectivity index (χ1n) is 5.81. The number of allylic oxidation sites excluding steroid dienone is 7. The van der Waals surface area contributed by atoms with Crippen molar-refractivity contribution in [2.75, 3.05) is 0 Å². The minimum Gasteiger partial charge on any atom is -0.623 e. The Bertz CT molecular complexity index is 634. The summed E-state index contributed by atoms with van der Waals surface area (Å²) in [4.78, 5) is 0. The van der Waals surface area contributed by atoms with Crippen molar-refractivity contribution < 1.29 is 5.06 Å². The lowest BCUT2D eigenvalue weighted by atomic mass is 9.97. The van der Waals surface area contributed by atoms with Crippen LogP contribution < -0.4 is 5.06 Å². The van der Waals surface area contributed by atoms with Crippen LogP contribution in [0.15, 0.2) is 65.9 Å². The molecule has 3 aliphatic rings. The number of benzene rings is 1. The van der Waals surface area contributed by atoms with Crippen molar-refractivity contribution in [1.29, 1.82) is 0 Å². The second-order valence-electron chi connectivity index (χ2n) is 4.56. The van der Waals surface area contributed by atoms with E-state index in [2.05, 4.69) is 18.2 Å². The summed E-state index contributed by atoms with van der Waals surface area (Å²) in [5.41, 5.74) is 5.14. The minimum atomic E-state index is 0.185. The molecule has 0 radical (unpaired) electrons. The highest BCUT2D eigenvalue weighted by atomic mass is 16.5. The van der Waals surface area contributed by atoms with Crippen LogP contribution in [0.2, 0.25) is 0 Å². The maximum atomic E-state index is 12.4. The summed E-state index contributed by atoms with van der Waals surface area (Å²) in [5.74, 6) is 0.294. The van der Waals surface area contributed by atoms with E-state index in [0.717, 1.165) is 28.1 Å². The highest BCUT2D eigenvalue weighted by Gasteiger charge is 2.38. The molecule has 2 nitrogen and oxygen atoms in total. The molecule has 2 atom stereocenters. The molecule has 0 spiro atoms. The standard InChI is InChI=1S/C15H11NO/c17-16-14-8-4-3-7-12(14)13-9-10-5-1-2-6-11(10)15(13)16/h1-10,16H. The summed E-state index contributed by atoms with van der Waals surface area (Å²) in [7, 11) is 0. The van der Waals surface area contributed by atoms with Crippen molar-refractivity contribution in [3.8, 4) is 0 Å². The average molecular weight is 221 g/mol. The molecule has 0 amide bonds. The molecular weight excluding hydrogens is 210 g/mol. The van der Waals surface area contributed by atoms with E-state index in [0.29, 0.717) is 5.92 Å². The van der Waals surface area contributed by atoms with E-state index in [4.69, 9.17) is 0 Å². The number of para-hydroxylation sites is 1. The molecule has 2 aliphatic carbocycles. The third kappa shape index (κ3) is 1.06. The summed E-state index contributed by atoms with van der Waals surface area (Å²) in [5, 5.41) is 12.6. The van der Waals surface area contributed by atoms with Gasteiger partial charge in [-0.25, -0.2) is 0 Å². The molecule has 0 bridgehead atoms. The first-order chi connectivity index (χ1) is 8.36. The maximum absolute atomic E-state index is 12.4. The Hall–Kier alpha value is -1.90. The fraction of sp³-hybridized carbons (Fsp3) is 0.0667. The third-order valence-corrected chi connectivity index (χ3v) is 3.66. The van der Waals surface area contributed by atoms with Gasteiger partial charge in [-0.05, 0) is 6.07 Å². The number of fused-ring (bicyclic) bond motifs is 4. The smallest absolute Gasteiger partial charge is 0.148 e. The van der Waals surface area contributed by atoms with Crippen LogP contribution in [0.25, 0.3) is 5.57 Å². The molecular formula is C15H11NO. The van der Waals surface area contributed by atoms with Crippen LogP contribution in [-0.2, 0) is 0 Å². The van der Waals surface area contributed by atoms with Gasteiger partial charge in [-0.1, -0.05) is 42.5 Å². The van der Waals surface area contributed by atoms with Crippen LogP contribution >= 0.6 is 0 Å². The zero-order valence-electron chi connectivity index (χ0n) is 9.18. The molecule has 4 rings (SSSR count). The summed E-state index contributed by atoms with van der Waals surface area (Å²) in [6.45, 7) is 0. The van der Waals surface area contributed by atoms with Crippen molar-refractivity contribution >= 4 is 11.3 Å². The molecule has 0 fully saturated rings. The van der Waals surface area contributed by atoms with Gasteiger partial charge in [0.15, 0.2) is 0 Å². The predicted molar refractivity (Wildman–Crippen MR) is 67.2 cm³/mol. The Morgan fingerprint density at radius 2 is 2.00 bits per heavy atom. The molecule has 1 aromatic carbocycles. The molecule has 2 heteroatoms. The second-order valence-corrected chi connectivity index (χ2v) is 4.56. The van der Waals surface area contributed by atoms with Crippen LogP contribution in [0, 0.1) is 11.1 Å². The molecule has 0 aromatic heterocycles. The van der Waals surface area contributed by atoms with Crippen LogP contribution in [0.5, 0.6) is 0 Å². The Morgan fingerprint density at radius 3 is 2.94 bits per heavy atom. The van der Waals surface area contributed by atoms with E-state index in [1.807, 2.05) is 36.4 Å². The number of rotatable bonds is 0. The molecule has 2 unspecified atom stereocenters. The average Bonchev–Trinajstić information content (AvgIpc) is 2.88. The van der Waals surface area contributed by atoms with Gasteiger partial charge < -0.3 is 10.3 Å². The van der Waals surface area contributed by atoms with Gasteiger partial charge in [0.25, 0.3) is 0 Å². The molecule has 1 N–H and O–H groups in total. The van der Waals surface area contributed by atoms with Crippen LogP contribution in [0.4, 0.5) is 5.69 Å². The highest BCUT2D eigenvalue weighted by molar-refractivity contribution is 5.90. The number of hydrogen-bond acceptors (Lipinski definition) is 1. The first-order valence-corrected chi connectivity index (χ1v) is 5.81. The Balaban J connectivity index is 2.01. The topological polar surface area (TPSA) is 27.5 Å². The number of quaternary nitrogens is 1. The molecule has 0 saturated carbocycles. The van der Waals surface area contributed by atoms with E-state index in [1.54, 1.807) is 0 Å². The summed E-state index contributed by atoms with van der Waals surface area (Å²) in [6.07, 6.45) is 10.5. The van der Waals surface area contributed by atoms with Gasteiger partial charge >= 0.3 is 0 Å². The first kappa shape index (κ1) is 9.16. The SMILES string of the molecule is [O-][NH+]1C2=C3C=CC=CC3C=C2c2ccccc21. The van der Waals surface area contributed by atoms with E-state index < -0.39 is 0 Å². The van der Waals surface area contributed by atoms with Crippen LogP contribution in [0.3, 0.4) is 0 Å². The Labute approximate surface area is 99.4 Å². The van der Waals surface area contributed by atoms with Crippen LogP contribution in [0.1, 0.15) is 5.56 Å². The van der Waals surface area contributed by atoms with Crippen molar-refractivity contribution in [2.24, 2.45) is 5.92 Å². The minimum absolute atomic E-state index is 0.185. The van der Waals surface area contributed by atoms with Crippen molar-refractivity contribution in [1.82, 2.24) is 0 Å².